The van der Waals surface area contributed by atoms with Crippen molar-refractivity contribution in [3.8, 4) is 0 Å². The average Bonchev–Trinajstić information content (AvgIpc) is 2.63. The van der Waals surface area contributed by atoms with Crippen LogP contribution in [0.15, 0.2) is 42.5 Å². The van der Waals surface area contributed by atoms with Crippen LogP contribution in [-0.4, -0.2) is 49.0 Å². The van der Waals surface area contributed by atoms with Crippen LogP contribution in [-0.2, 0) is 0 Å². The van der Waals surface area contributed by atoms with Gasteiger partial charge in [0, 0.05) is 43.0 Å². The first kappa shape index (κ1) is 18.2. The summed E-state index contributed by atoms with van der Waals surface area (Å²) < 4.78 is 0. The molecule has 0 unspecified atom stereocenters. The zero-order valence-corrected chi connectivity index (χ0v) is 15.1. The summed E-state index contributed by atoms with van der Waals surface area (Å²) in [6, 6.07) is 11.3. The first-order valence-electron chi connectivity index (χ1n) is 8.23. The molecular formula is C18H19ClN4O3. The van der Waals surface area contributed by atoms with Gasteiger partial charge in [0.05, 0.1) is 10.5 Å². The zero-order valence-electron chi connectivity index (χ0n) is 14.3. The molecule has 0 bridgehead atoms. The highest BCUT2D eigenvalue weighted by molar-refractivity contribution is 6.30. The summed E-state index contributed by atoms with van der Waals surface area (Å²) in [6.07, 6.45) is 0. The molecule has 0 saturated carbocycles. The zero-order chi connectivity index (χ0) is 18.7. The van der Waals surface area contributed by atoms with E-state index in [1.807, 2.05) is 11.9 Å². The van der Waals surface area contributed by atoms with Gasteiger partial charge in [-0.2, -0.15) is 0 Å². The normalized spacial score (nSPS) is 14.9. The third-order valence-corrected chi connectivity index (χ3v) is 4.63. The molecule has 3 rings (SSSR count). The van der Waals surface area contributed by atoms with Gasteiger partial charge < -0.3 is 15.1 Å². The Bertz CT molecular complexity index is 818. The largest absolute Gasteiger partial charge is 0.363 e. The highest BCUT2D eigenvalue weighted by Crippen LogP contribution is 2.33. The van der Waals surface area contributed by atoms with E-state index in [2.05, 4.69) is 10.2 Å². The van der Waals surface area contributed by atoms with Gasteiger partial charge in [-0.25, -0.2) is 0 Å². The first-order valence-corrected chi connectivity index (χ1v) is 8.61. The Morgan fingerprint density at radius 2 is 1.77 bits per heavy atom. The van der Waals surface area contributed by atoms with Crippen molar-refractivity contribution in [2.75, 3.05) is 43.4 Å². The predicted molar refractivity (Wildman–Crippen MR) is 102 cm³/mol. The Morgan fingerprint density at radius 1 is 1.12 bits per heavy atom. The van der Waals surface area contributed by atoms with Crippen LogP contribution in [0.2, 0.25) is 5.02 Å². The minimum atomic E-state index is -0.438. The number of anilines is 2. The summed E-state index contributed by atoms with van der Waals surface area (Å²) in [7, 11) is 2.00. The van der Waals surface area contributed by atoms with E-state index in [1.54, 1.807) is 30.3 Å². The van der Waals surface area contributed by atoms with Crippen LogP contribution in [0.1, 0.15) is 10.4 Å². The fraction of sp³-hybridized carbons (Fsp3) is 0.278. The van der Waals surface area contributed by atoms with Crippen molar-refractivity contribution < 1.29 is 9.72 Å². The highest BCUT2D eigenvalue weighted by Gasteiger charge is 2.28. The number of amides is 1. The molecule has 2 aromatic rings. The molecule has 1 fully saturated rings. The number of carbonyl (C=O) groups is 1. The smallest absolute Gasteiger partial charge is 0.293 e. The van der Waals surface area contributed by atoms with Crippen molar-refractivity contribution >= 4 is 34.6 Å². The van der Waals surface area contributed by atoms with E-state index in [0.29, 0.717) is 35.1 Å². The van der Waals surface area contributed by atoms with E-state index < -0.39 is 4.92 Å². The number of benzene rings is 2. The quantitative estimate of drug-likeness (QED) is 0.656. The third-order valence-electron chi connectivity index (χ3n) is 4.38. The fourth-order valence-corrected chi connectivity index (χ4v) is 3.08. The van der Waals surface area contributed by atoms with Crippen molar-refractivity contribution in [1.82, 2.24) is 4.90 Å². The summed E-state index contributed by atoms with van der Waals surface area (Å²) in [5.74, 6) is -0.384. The van der Waals surface area contributed by atoms with E-state index in [0.717, 1.165) is 13.1 Å². The monoisotopic (exact) mass is 374 g/mol. The predicted octanol–water partition coefficient (Wildman–Crippen LogP) is 3.25. The molecule has 1 heterocycles. The first-order chi connectivity index (χ1) is 12.5. The minimum absolute atomic E-state index is 0.0571. The number of nitrogens with one attached hydrogen (secondary N) is 1. The molecule has 1 N–H and O–H groups in total. The van der Waals surface area contributed by atoms with Gasteiger partial charge in [0.1, 0.15) is 5.69 Å². The number of nitro benzene ring substituents is 1. The molecule has 0 aliphatic carbocycles. The number of para-hydroxylation sites is 1. The molecule has 0 spiro atoms. The number of likely N-dealkylation sites (N-methyl/N-ethyl adjacent to an activating group) is 1. The van der Waals surface area contributed by atoms with Gasteiger partial charge in [0.2, 0.25) is 0 Å². The molecule has 0 atom stereocenters. The number of piperazine rings is 1. The Hall–Kier alpha value is -2.64. The van der Waals surface area contributed by atoms with Gasteiger partial charge in [-0.3, -0.25) is 14.9 Å². The highest BCUT2D eigenvalue weighted by atomic mass is 35.5. The van der Waals surface area contributed by atoms with E-state index in [4.69, 9.17) is 11.6 Å². The van der Waals surface area contributed by atoms with Gasteiger partial charge in [0.25, 0.3) is 11.6 Å². The molecule has 0 aromatic heterocycles. The number of nitrogens with zero attached hydrogens (tertiary/aromatic N) is 3. The summed E-state index contributed by atoms with van der Waals surface area (Å²) in [4.78, 5) is 27.9. The van der Waals surface area contributed by atoms with Crippen molar-refractivity contribution in [2.45, 2.75) is 0 Å². The third kappa shape index (κ3) is 3.95. The molecule has 8 heteroatoms. The lowest BCUT2D eigenvalue weighted by atomic mass is 10.1. The molecule has 26 heavy (non-hydrogen) atoms. The molecule has 1 saturated heterocycles. The Labute approximate surface area is 156 Å². The van der Waals surface area contributed by atoms with Crippen molar-refractivity contribution in [2.24, 2.45) is 0 Å². The molecule has 136 valence electrons. The fourth-order valence-electron chi connectivity index (χ4n) is 2.96. The second-order valence-corrected chi connectivity index (χ2v) is 6.62. The molecule has 2 aromatic carbocycles. The maximum atomic E-state index is 12.8. The molecular weight excluding hydrogens is 356 g/mol. The molecule has 1 aliphatic rings. The average molecular weight is 375 g/mol. The minimum Gasteiger partial charge on any atom is -0.363 e. The summed E-state index contributed by atoms with van der Waals surface area (Å²) in [6.45, 7) is 2.82. The van der Waals surface area contributed by atoms with Gasteiger partial charge in [-0.05, 0) is 37.4 Å². The molecule has 1 aliphatic heterocycles. The van der Waals surface area contributed by atoms with Crippen LogP contribution >= 0.6 is 11.6 Å². The van der Waals surface area contributed by atoms with Crippen LogP contribution in [0.5, 0.6) is 0 Å². The number of hydrogen-bond acceptors (Lipinski definition) is 5. The summed E-state index contributed by atoms with van der Waals surface area (Å²) in [5.41, 5.74) is 1.18. The van der Waals surface area contributed by atoms with Crippen LogP contribution in [0.25, 0.3) is 0 Å². The second-order valence-electron chi connectivity index (χ2n) is 6.18. The van der Waals surface area contributed by atoms with Crippen LogP contribution in [0.3, 0.4) is 0 Å². The van der Waals surface area contributed by atoms with Crippen molar-refractivity contribution in [3.05, 3.63) is 63.2 Å². The Balaban J connectivity index is 1.95. The van der Waals surface area contributed by atoms with Crippen LogP contribution in [0, 0.1) is 10.1 Å². The van der Waals surface area contributed by atoms with Crippen LogP contribution < -0.4 is 10.2 Å². The molecule has 1 amide bonds. The topological polar surface area (TPSA) is 78.7 Å². The van der Waals surface area contributed by atoms with Gasteiger partial charge >= 0.3 is 0 Å². The molecule has 7 nitrogen and oxygen atoms in total. The lowest BCUT2D eigenvalue weighted by molar-refractivity contribution is -0.384. The maximum absolute atomic E-state index is 12.8. The SMILES string of the molecule is CN1CCN(c2c(C(=O)Nc3ccc(Cl)cc3)cccc2[N+](=O)[O-])CC1. The van der Waals surface area contributed by atoms with Crippen molar-refractivity contribution in [1.29, 1.82) is 0 Å². The number of rotatable bonds is 4. The van der Waals surface area contributed by atoms with Gasteiger partial charge in [0.15, 0.2) is 0 Å². The number of halogens is 1. The van der Waals surface area contributed by atoms with Crippen molar-refractivity contribution in [3.63, 3.8) is 0 Å². The lowest BCUT2D eigenvalue weighted by Gasteiger charge is -2.34. The number of hydrogen-bond donors (Lipinski definition) is 1. The van der Waals surface area contributed by atoms with Crippen LogP contribution in [0.4, 0.5) is 17.1 Å². The van der Waals surface area contributed by atoms with E-state index in [1.165, 1.54) is 12.1 Å². The summed E-state index contributed by atoms with van der Waals surface area (Å²) in [5, 5.41) is 14.9. The second kappa shape index (κ2) is 7.72. The van der Waals surface area contributed by atoms with Gasteiger partial charge in [-0.1, -0.05) is 17.7 Å². The lowest BCUT2D eigenvalue weighted by Crippen LogP contribution is -2.45. The maximum Gasteiger partial charge on any atom is 0.293 e. The van der Waals surface area contributed by atoms with Gasteiger partial charge in [-0.15, -0.1) is 0 Å². The Kier molecular flexibility index (Phi) is 5.39. The Morgan fingerprint density at radius 3 is 2.38 bits per heavy atom. The van der Waals surface area contributed by atoms with E-state index in [9.17, 15) is 14.9 Å². The van der Waals surface area contributed by atoms with E-state index >= 15 is 0 Å². The standard InChI is InChI=1S/C18H19ClN4O3/c1-21-9-11-22(12-10-21)17-15(3-2-4-16(17)23(25)26)18(24)20-14-7-5-13(19)6-8-14/h2-8H,9-12H2,1H3,(H,20,24). The summed E-state index contributed by atoms with van der Waals surface area (Å²) >= 11 is 5.86. The molecule has 0 radical (unpaired) electrons. The van der Waals surface area contributed by atoms with E-state index in [-0.39, 0.29) is 11.6 Å². The number of nitro groups is 1. The number of carbonyl (C=O) groups excluding carboxylic acids is 1.